The monoisotopic (exact) mass is 396 g/mol. The van der Waals surface area contributed by atoms with Gasteiger partial charge in [0.2, 0.25) is 11.8 Å². The topological polar surface area (TPSA) is 58.6 Å². The van der Waals surface area contributed by atoms with Crippen LogP contribution in [0.1, 0.15) is 44.4 Å². The van der Waals surface area contributed by atoms with Crippen LogP contribution in [0.2, 0.25) is 0 Å². The fourth-order valence-corrected chi connectivity index (χ4v) is 3.05. The van der Waals surface area contributed by atoms with Crippen LogP contribution in [0.5, 0.6) is 5.75 Å². The zero-order valence-corrected chi connectivity index (χ0v) is 18.3. The SMILES string of the molecule is COc1ccc(CC(=O)N(Cc2ccccc2C)[C@H](C)C(=O)NC(C)(C)C)cc1. The lowest BCUT2D eigenvalue weighted by Gasteiger charge is -2.32. The molecule has 1 atom stereocenters. The second-order valence-electron chi connectivity index (χ2n) is 8.39. The maximum absolute atomic E-state index is 13.2. The highest BCUT2D eigenvalue weighted by Gasteiger charge is 2.28. The van der Waals surface area contributed by atoms with Gasteiger partial charge in [-0.3, -0.25) is 9.59 Å². The van der Waals surface area contributed by atoms with Gasteiger partial charge in [-0.05, 0) is 63.4 Å². The van der Waals surface area contributed by atoms with Crippen molar-refractivity contribution in [3.8, 4) is 5.75 Å². The lowest BCUT2D eigenvalue weighted by molar-refractivity contribution is -0.140. The molecule has 0 heterocycles. The lowest BCUT2D eigenvalue weighted by Crippen LogP contribution is -2.52. The highest BCUT2D eigenvalue weighted by molar-refractivity contribution is 5.88. The fourth-order valence-electron chi connectivity index (χ4n) is 3.05. The van der Waals surface area contributed by atoms with E-state index in [2.05, 4.69) is 5.32 Å². The van der Waals surface area contributed by atoms with E-state index in [0.29, 0.717) is 6.54 Å². The van der Waals surface area contributed by atoms with Crippen LogP contribution < -0.4 is 10.1 Å². The number of rotatable bonds is 7. The van der Waals surface area contributed by atoms with Gasteiger partial charge < -0.3 is 15.0 Å². The molecule has 0 aliphatic carbocycles. The van der Waals surface area contributed by atoms with Crippen LogP contribution >= 0.6 is 0 Å². The highest BCUT2D eigenvalue weighted by Crippen LogP contribution is 2.17. The minimum absolute atomic E-state index is 0.0880. The maximum Gasteiger partial charge on any atom is 0.242 e. The van der Waals surface area contributed by atoms with Crippen molar-refractivity contribution in [2.75, 3.05) is 7.11 Å². The normalized spacial score (nSPS) is 12.2. The van der Waals surface area contributed by atoms with Crippen molar-refractivity contribution >= 4 is 11.8 Å². The van der Waals surface area contributed by atoms with Crippen molar-refractivity contribution in [2.45, 2.75) is 59.2 Å². The van der Waals surface area contributed by atoms with Crippen molar-refractivity contribution in [3.63, 3.8) is 0 Å². The van der Waals surface area contributed by atoms with Gasteiger partial charge in [0.15, 0.2) is 0 Å². The molecule has 0 aliphatic rings. The molecule has 5 nitrogen and oxygen atoms in total. The first-order valence-electron chi connectivity index (χ1n) is 9.89. The minimum atomic E-state index is -0.584. The summed E-state index contributed by atoms with van der Waals surface area (Å²) in [5.41, 5.74) is 2.65. The molecule has 2 aromatic carbocycles. The standard InChI is InChI=1S/C24H32N2O3/c1-17-9-7-8-10-20(17)16-26(18(2)23(28)25-24(3,4)5)22(27)15-19-11-13-21(29-6)14-12-19/h7-14,18H,15-16H2,1-6H3,(H,25,28)/t18-/m1/s1. The number of hydrogen-bond donors (Lipinski definition) is 1. The Kier molecular flexibility index (Phi) is 7.43. The summed E-state index contributed by atoms with van der Waals surface area (Å²) >= 11 is 0. The van der Waals surface area contributed by atoms with Crippen LogP contribution in [0.4, 0.5) is 0 Å². The summed E-state index contributed by atoms with van der Waals surface area (Å²) in [6, 6.07) is 14.8. The van der Waals surface area contributed by atoms with E-state index in [1.807, 2.05) is 76.2 Å². The largest absolute Gasteiger partial charge is 0.497 e. The average Bonchev–Trinajstić information content (AvgIpc) is 2.66. The molecule has 2 amide bonds. The van der Waals surface area contributed by atoms with Crippen molar-refractivity contribution in [2.24, 2.45) is 0 Å². The summed E-state index contributed by atoms with van der Waals surface area (Å²) in [6.45, 7) is 9.99. The third-order valence-corrected chi connectivity index (χ3v) is 4.78. The van der Waals surface area contributed by atoms with Gasteiger partial charge in [0.25, 0.3) is 0 Å². The maximum atomic E-state index is 13.2. The number of hydrogen-bond acceptors (Lipinski definition) is 3. The molecule has 0 aromatic heterocycles. The molecule has 0 spiro atoms. The average molecular weight is 397 g/mol. The van der Waals surface area contributed by atoms with Crippen molar-refractivity contribution in [1.29, 1.82) is 0 Å². The lowest BCUT2D eigenvalue weighted by atomic mass is 10.0. The molecule has 1 N–H and O–H groups in total. The number of nitrogens with one attached hydrogen (secondary N) is 1. The van der Waals surface area contributed by atoms with E-state index in [0.717, 1.165) is 22.4 Å². The van der Waals surface area contributed by atoms with Gasteiger partial charge in [-0.15, -0.1) is 0 Å². The van der Waals surface area contributed by atoms with Crippen LogP contribution in [0.25, 0.3) is 0 Å². The van der Waals surface area contributed by atoms with Crippen LogP contribution in [0.15, 0.2) is 48.5 Å². The Morgan fingerprint density at radius 1 is 1.07 bits per heavy atom. The molecule has 0 radical (unpaired) electrons. The highest BCUT2D eigenvalue weighted by atomic mass is 16.5. The van der Waals surface area contributed by atoms with Gasteiger partial charge in [-0.2, -0.15) is 0 Å². The Labute approximate surface area is 174 Å². The summed E-state index contributed by atoms with van der Waals surface area (Å²) in [6.07, 6.45) is 0.225. The van der Waals surface area contributed by atoms with E-state index < -0.39 is 6.04 Å². The van der Waals surface area contributed by atoms with E-state index in [9.17, 15) is 9.59 Å². The Hall–Kier alpha value is -2.82. The number of carbonyl (C=O) groups is 2. The molecule has 0 aliphatic heterocycles. The molecule has 0 unspecified atom stereocenters. The number of carbonyl (C=O) groups excluding carboxylic acids is 2. The minimum Gasteiger partial charge on any atom is -0.497 e. The summed E-state index contributed by atoms with van der Waals surface area (Å²) in [7, 11) is 1.61. The number of benzene rings is 2. The number of methoxy groups -OCH3 is 1. The predicted molar refractivity (Wildman–Crippen MR) is 116 cm³/mol. The smallest absolute Gasteiger partial charge is 0.242 e. The molecule has 0 saturated carbocycles. The molecular formula is C24H32N2O3. The van der Waals surface area contributed by atoms with Crippen LogP contribution in [0, 0.1) is 6.92 Å². The van der Waals surface area contributed by atoms with E-state index in [4.69, 9.17) is 4.74 Å². The van der Waals surface area contributed by atoms with Crippen LogP contribution in [0.3, 0.4) is 0 Å². The van der Waals surface area contributed by atoms with Crippen LogP contribution in [-0.4, -0.2) is 35.4 Å². The quantitative estimate of drug-likeness (QED) is 0.773. The predicted octanol–water partition coefficient (Wildman–Crippen LogP) is 3.88. The zero-order valence-electron chi connectivity index (χ0n) is 18.3. The Bertz CT molecular complexity index is 838. The van der Waals surface area contributed by atoms with E-state index in [1.54, 1.807) is 18.9 Å². The summed E-state index contributed by atoms with van der Waals surface area (Å²) in [5, 5.41) is 2.98. The van der Waals surface area contributed by atoms with E-state index in [1.165, 1.54) is 0 Å². The molecule has 5 heteroatoms. The molecule has 0 fully saturated rings. The van der Waals surface area contributed by atoms with Crippen molar-refractivity contribution < 1.29 is 14.3 Å². The number of aryl methyl sites for hydroxylation is 1. The molecule has 156 valence electrons. The molecule has 2 rings (SSSR count). The molecule has 2 aromatic rings. The van der Waals surface area contributed by atoms with Gasteiger partial charge in [-0.1, -0.05) is 36.4 Å². The van der Waals surface area contributed by atoms with Crippen LogP contribution in [-0.2, 0) is 22.6 Å². The molecule has 0 bridgehead atoms. The number of nitrogens with zero attached hydrogens (tertiary/aromatic N) is 1. The fraction of sp³-hybridized carbons (Fsp3) is 0.417. The summed E-state index contributed by atoms with van der Waals surface area (Å²) < 4.78 is 5.18. The van der Waals surface area contributed by atoms with E-state index >= 15 is 0 Å². The van der Waals surface area contributed by atoms with Gasteiger partial charge in [0, 0.05) is 12.1 Å². The first-order valence-corrected chi connectivity index (χ1v) is 9.89. The van der Waals surface area contributed by atoms with E-state index in [-0.39, 0.29) is 23.8 Å². The Morgan fingerprint density at radius 2 is 1.69 bits per heavy atom. The second kappa shape index (κ2) is 9.59. The summed E-state index contributed by atoms with van der Waals surface area (Å²) in [5.74, 6) is 0.500. The zero-order chi connectivity index (χ0) is 21.6. The first-order chi connectivity index (χ1) is 13.6. The number of ether oxygens (including phenoxy) is 1. The first kappa shape index (κ1) is 22.5. The number of amides is 2. The van der Waals surface area contributed by atoms with Gasteiger partial charge in [0.1, 0.15) is 11.8 Å². The Balaban J connectivity index is 2.25. The molecular weight excluding hydrogens is 364 g/mol. The van der Waals surface area contributed by atoms with Gasteiger partial charge in [-0.25, -0.2) is 0 Å². The molecule has 29 heavy (non-hydrogen) atoms. The summed E-state index contributed by atoms with van der Waals surface area (Å²) in [4.78, 5) is 27.7. The third kappa shape index (κ3) is 6.63. The van der Waals surface area contributed by atoms with Crippen molar-refractivity contribution in [3.05, 3.63) is 65.2 Å². The molecule has 0 saturated heterocycles. The third-order valence-electron chi connectivity index (χ3n) is 4.78. The van der Waals surface area contributed by atoms with Gasteiger partial charge in [0.05, 0.1) is 13.5 Å². The Morgan fingerprint density at radius 3 is 2.24 bits per heavy atom. The van der Waals surface area contributed by atoms with Gasteiger partial charge >= 0.3 is 0 Å². The second-order valence-corrected chi connectivity index (χ2v) is 8.39. The van der Waals surface area contributed by atoms with Crippen molar-refractivity contribution in [1.82, 2.24) is 10.2 Å².